The quantitative estimate of drug-likeness (QED) is 0.408. The second kappa shape index (κ2) is 7.77. The van der Waals surface area contributed by atoms with Crippen LogP contribution in [0.4, 0.5) is 5.69 Å². The minimum atomic E-state index is -0.724. The van der Waals surface area contributed by atoms with Gasteiger partial charge in [0.15, 0.2) is 0 Å². The highest BCUT2D eigenvalue weighted by molar-refractivity contribution is 14.1. The number of phenolic OH excluding ortho intramolecular Hbond substituents is 1. The number of aliphatic hydroxyl groups is 1. The minimum Gasteiger partial charge on any atom is -0.501 e. The first-order chi connectivity index (χ1) is 7.97. The second-order valence-corrected chi connectivity index (χ2v) is 3.87. The average molecular weight is 351 g/mol. The molecule has 7 nitrogen and oxygen atoms in total. The number of hydrogen-bond acceptors (Lipinski definition) is 6. The number of aromatic hydroxyl groups is 1. The summed E-state index contributed by atoms with van der Waals surface area (Å²) in [5.41, 5.74) is 4.50. The van der Waals surface area contributed by atoms with Gasteiger partial charge in [0.1, 0.15) is 0 Å². The van der Waals surface area contributed by atoms with Gasteiger partial charge in [-0.1, -0.05) is 0 Å². The summed E-state index contributed by atoms with van der Waals surface area (Å²) in [5.74, 6) is -0.399. The molecule has 0 saturated carbocycles. The molecule has 0 aliphatic carbocycles. The van der Waals surface area contributed by atoms with Crippen LogP contribution in [0.3, 0.4) is 0 Å². The van der Waals surface area contributed by atoms with Crippen LogP contribution in [-0.4, -0.2) is 28.3 Å². The fraction of sp³-hybridized carbons (Fsp3) is 0.222. The Kier molecular flexibility index (Phi) is 7.11. The molecule has 0 bridgehead atoms. The van der Waals surface area contributed by atoms with E-state index in [1.807, 2.05) is 0 Å². The van der Waals surface area contributed by atoms with Crippen molar-refractivity contribution in [2.45, 2.75) is 0 Å². The SMILES string of the molecule is N#Cc1cc(I)c(O)c([N+](=O)[O-])c1.NCCO. The topological polar surface area (TPSA) is 133 Å². The third kappa shape index (κ3) is 4.94. The number of nitro benzene ring substituents is 1. The van der Waals surface area contributed by atoms with Crippen LogP contribution in [0.15, 0.2) is 12.1 Å². The lowest BCUT2D eigenvalue weighted by Crippen LogP contribution is -2.02. The van der Waals surface area contributed by atoms with Crippen molar-refractivity contribution in [1.29, 1.82) is 5.26 Å². The highest BCUT2D eigenvalue weighted by Gasteiger charge is 2.17. The number of phenols is 1. The molecule has 92 valence electrons. The van der Waals surface area contributed by atoms with E-state index in [0.29, 0.717) is 10.1 Å². The van der Waals surface area contributed by atoms with E-state index < -0.39 is 16.4 Å². The molecule has 0 atom stereocenters. The summed E-state index contributed by atoms with van der Waals surface area (Å²) in [6, 6.07) is 4.19. The number of benzene rings is 1. The molecule has 0 unspecified atom stereocenters. The number of nitro groups is 1. The molecule has 0 aliphatic rings. The third-order valence-corrected chi connectivity index (χ3v) is 2.32. The first-order valence-corrected chi connectivity index (χ1v) is 5.43. The predicted molar refractivity (Wildman–Crippen MR) is 68.3 cm³/mol. The standard InChI is InChI=1S/C7H3IN2O3.C2H7NO/c8-5-1-4(3-9)2-6(7(5)11)10(12)13;3-1-2-4/h1-2,11H;4H,1-3H2. The zero-order valence-corrected chi connectivity index (χ0v) is 10.8. The second-order valence-electron chi connectivity index (χ2n) is 2.71. The van der Waals surface area contributed by atoms with Gasteiger partial charge in [0.2, 0.25) is 5.75 Å². The molecule has 0 amide bonds. The van der Waals surface area contributed by atoms with Crippen LogP contribution >= 0.6 is 22.6 Å². The van der Waals surface area contributed by atoms with Crippen molar-refractivity contribution in [3.8, 4) is 11.8 Å². The molecule has 1 aromatic rings. The molecular weight excluding hydrogens is 341 g/mol. The normalized spacial score (nSPS) is 8.82. The first kappa shape index (κ1) is 15.6. The Morgan fingerprint density at radius 2 is 2.12 bits per heavy atom. The van der Waals surface area contributed by atoms with Gasteiger partial charge in [0.25, 0.3) is 0 Å². The van der Waals surface area contributed by atoms with E-state index in [-0.39, 0.29) is 12.2 Å². The lowest BCUT2D eigenvalue weighted by Gasteiger charge is -1.98. The molecule has 8 heteroatoms. The van der Waals surface area contributed by atoms with Gasteiger partial charge in [-0.3, -0.25) is 10.1 Å². The van der Waals surface area contributed by atoms with Gasteiger partial charge in [-0.25, -0.2) is 0 Å². The molecule has 0 aliphatic heterocycles. The van der Waals surface area contributed by atoms with E-state index in [0.717, 1.165) is 6.07 Å². The first-order valence-electron chi connectivity index (χ1n) is 4.35. The van der Waals surface area contributed by atoms with Gasteiger partial charge in [-0.2, -0.15) is 5.26 Å². The van der Waals surface area contributed by atoms with Crippen molar-refractivity contribution in [2.75, 3.05) is 13.2 Å². The number of halogens is 1. The molecule has 4 N–H and O–H groups in total. The van der Waals surface area contributed by atoms with Gasteiger partial charge in [0, 0.05) is 12.6 Å². The van der Waals surface area contributed by atoms with Crippen LogP contribution in [0.1, 0.15) is 5.56 Å². The molecular formula is C9H10IN3O4. The van der Waals surface area contributed by atoms with Crippen molar-refractivity contribution in [3.05, 3.63) is 31.4 Å². The Balaban J connectivity index is 0.000000557. The average Bonchev–Trinajstić information content (AvgIpc) is 2.32. The molecule has 1 aromatic carbocycles. The number of nitrogens with two attached hydrogens (primary N) is 1. The van der Waals surface area contributed by atoms with E-state index in [1.165, 1.54) is 6.07 Å². The summed E-state index contributed by atoms with van der Waals surface area (Å²) in [4.78, 5) is 9.65. The van der Waals surface area contributed by atoms with E-state index in [1.54, 1.807) is 28.7 Å². The van der Waals surface area contributed by atoms with E-state index in [9.17, 15) is 15.2 Å². The molecule has 0 heterocycles. The number of aliphatic hydroxyl groups excluding tert-OH is 1. The monoisotopic (exact) mass is 351 g/mol. The van der Waals surface area contributed by atoms with Crippen LogP contribution in [0, 0.1) is 25.0 Å². The highest BCUT2D eigenvalue weighted by atomic mass is 127. The zero-order valence-electron chi connectivity index (χ0n) is 8.63. The Morgan fingerprint density at radius 1 is 1.59 bits per heavy atom. The minimum absolute atomic E-state index is 0.0972. The maximum atomic E-state index is 10.4. The van der Waals surface area contributed by atoms with Crippen LogP contribution in [0.25, 0.3) is 0 Å². The largest absolute Gasteiger partial charge is 0.501 e. The van der Waals surface area contributed by atoms with Crippen LogP contribution in [0.5, 0.6) is 5.75 Å². The Morgan fingerprint density at radius 3 is 2.47 bits per heavy atom. The highest BCUT2D eigenvalue weighted by Crippen LogP contribution is 2.31. The van der Waals surface area contributed by atoms with E-state index >= 15 is 0 Å². The summed E-state index contributed by atoms with van der Waals surface area (Å²) >= 11 is 1.73. The number of nitrogens with zero attached hydrogens (tertiary/aromatic N) is 2. The van der Waals surface area contributed by atoms with E-state index in [2.05, 4.69) is 0 Å². The molecule has 0 fully saturated rings. The van der Waals surface area contributed by atoms with Gasteiger partial charge < -0.3 is 15.9 Å². The van der Waals surface area contributed by atoms with Crippen molar-refractivity contribution in [1.82, 2.24) is 0 Å². The van der Waals surface area contributed by atoms with Gasteiger partial charge in [-0.05, 0) is 28.7 Å². The molecule has 0 saturated heterocycles. The van der Waals surface area contributed by atoms with E-state index in [4.69, 9.17) is 16.1 Å². The summed E-state index contributed by atoms with van der Waals surface area (Å²) < 4.78 is 0.295. The molecule has 0 spiro atoms. The summed E-state index contributed by atoms with van der Waals surface area (Å²) in [5, 5.41) is 35.9. The molecule has 17 heavy (non-hydrogen) atoms. The van der Waals surface area contributed by atoms with Crippen LogP contribution in [-0.2, 0) is 0 Å². The van der Waals surface area contributed by atoms with Gasteiger partial charge >= 0.3 is 5.69 Å². The zero-order chi connectivity index (χ0) is 13.4. The summed E-state index contributed by atoms with van der Waals surface area (Å²) in [6.07, 6.45) is 0. The molecule has 1 rings (SSSR count). The van der Waals surface area contributed by atoms with Crippen molar-refractivity contribution < 1.29 is 15.1 Å². The third-order valence-electron chi connectivity index (χ3n) is 1.50. The predicted octanol–water partition coefficient (Wildman–Crippen LogP) is 0.714. The maximum absolute atomic E-state index is 10.4. The molecule has 0 aromatic heterocycles. The van der Waals surface area contributed by atoms with Crippen LogP contribution < -0.4 is 5.73 Å². The maximum Gasteiger partial charge on any atom is 0.313 e. The number of nitriles is 1. The van der Waals surface area contributed by atoms with Gasteiger partial charge in [-0.15, -0.1) is 0 Å². The Bertz CT molecular complexity index is 443. The lowest BCUT2D eigenvalue weighted by molar-refractivity contribution is -0.386. The number of rotatable bonds is 2. The Hall–Kier alpha value is -1.44. The number of hydrogen-bond donors (Lipinski definition) is 3. The fourth-order valence-corrected chi connectivity index (χ4v) is 1.40. The van der Waals surface area contributed by atoms with Crippen molar-refractivity contribution in [3.63, 3.8) is 0 Å². The smallest absolute Gasteiger partial charge is 0.313 e. The van der Waals surface area contributed by atoms with Crippen molar-refractivity contribution in [2.24, 2.45) is 5.73 Å². The van der Waals surface area contributed by atoms with Crippen molar-refractivity contribution >= 4 is 28.3 Å². The lowest BCUT2D eigenvalue weighted by atomic mass is 10.2. The fourth-order valence-electron chi connectivity index (χ4n) is 0.788. The molecule has 0 radical (unpaired) electrons. The Labute approximate surface area is 111 Å². The van der Waals surface area contributed by atoms with Crippen LogP contribution in [0.2, 0.25) is 0 Å². The van der Waals surface area contributed by atoms with Gasteiger partial charge in [0.05, 0.1) is 26.7 Å². The summed E-state index contributed by atoms with van der Waals surface area (Å²) in [7, 11) is 0. The summed E-state index contributed by atoms with van der Waals surface area (Å²) in [6.45, 7) is 0.472.